The van der Waals surface area contributed by atoms with E-state index >= 15 is 0 Å². The van der Waals surface area contributed by atoms with Crippen LogP contribution in [0.4, 0.5) is 5.69 Å². The molecular weight excluding hydrogens is 480 g/mol. The van der Waals surface area contributed by atoms with Gasteiger partial charge < -0.3 is 10.1 Å². The van der Waals surface area contributed by atoms with Gasteiger partial charge in [-0.15, -0.1) is 0 Å². The molecule has 3 aromatic rings. The Morgan fingerprint density at radius 2 is 1.74 bits per heavy atom. The number of methoxy groups -OCH3 is 1. The molecule has 0 aliphatic carbocycles. The van der Waals surface area contributed by atoms with E-state index in [1.807, 2.05) is 25.1 Å². The first-order valence-electron chi connectivity index (χ1n) is 9.48. The molecule has 0 aliphatic heterocycles. The summed E-state index contributed by atoms with van der Waals surface area (Å²) >= 11 is 3.41. The number of hydrogen-bond donors (Lipinski definition) is 1. The van der Waals surface area contributed by atoms with Crippen LogP contribution in [0.15, 0.2) is 76.1 Å². The van der Waals surface area contributed by atoms with Crippen molar-refractivity contribution in [3.05, 3.63) is 87.9 Å². The van der Waals surface area contributed by atoms with Crippen LogP contribution in [0, 0.1) is 6.92 Å². The molecule has 31 heavy (non-hydrogen) atoms. The van der Waals surface area contributed by atoms with Gasteiger partial charge in [-0.2, -0.15) is 4.31 Å². The number of halogens is 1. The van der Waals surface area contributed by atoms with Gasteiger partial charge in [0, 0.05) is 29.2 Å². The van der Waals surface area contributed by atoms with E-state index in [0.717, 1.165) is 10.0 Å². The quantitative estimate of drug-likeness (QED) is 0.501. The van der Waals surface area contributed by atoms with Gasteiger partial charge in [-0.1, -0.05) is 29.8 Å². The predicted octanol–water partition coefficient (Wildman–Crippen LogP) is 4.84. The van der Waals surface area contributed by atoms with Crippen LogP contribution in [0.3, 0.4) is 0 Å². The number of benzene rings is 3. The number of amides is 1. The lowest BCUT2D eigenvalue weighted by molar-refractivity contribution is 0.102. The summed E-state index contributed by atoms with van der Waals surface area (Å²) in [6.07, 6.45) is 0. The Kier molecular flexibility index (Phi) is 7.15. The van der Waals surface area contributed by atoms with Gasteiger partial charge in [-0.3, -0.25) is 4.79 Å². The molecule has 3 rings (SSSR count). The average Bonchev–Trinajstić information content (AvgIpc) is 2.75. The molecular formula is C23H23BrN2O4S. The molecule has 0 heterocycles. The molecule has 0 spiro atoms. The molecule has 0 unspecified atom stereocenters. The van der Waals surface area contributed by atoms with Crippen molar-refractivity contribution in [2.24, 2.45) is 0 Å². The van der Waals surface area contributed by atoms with Crippen LogP contribution in [0.25, 0.3) is 0 Å². The number of hydrogen-bond acceptors (Lipinski definition) is 4. The first-order chi connectivity index (χ1) is 14.7. The van der Waals surface area contributed by atoms with Gasteiger partial charge in [0.25, 0.3) is 5.91 Å². The lowest BCUT2D eigenvalue weighted by atomic mass is 10.1. The third kappa shape index (κ3) is 5.33. The first-order valence-corrected chi connectivity index (χ1v) is 11.7. The number of nitrogens with zero attached hydrogens (tertiary/aromatic N) is 1. The van der Waals surface area contributed by atoms with Crippen molar-refractivity contribution in [1.29, 1.82) is 0 Å². The molecule has 0 radical (unpaired) electrons. The summed E-state index contributed by atoms with van der Waals surface area (Å²) in [5.74, 6) is 0.197. The summed E-state index contributed by atoms with van der Waals surface area (Å²) in [6.45, 7) is 1.95. The summed E-state index contributed by atoms with van der Waals surface area (Å²) in [7, 11) is -0.685. The van der Waals surface area contributed by atoms with Crippen LogP contribution >= 0.6 is 15.9 Å². The van der Waals surface area contributed by atoms with Crippen molar-refractivity contribution in [1.82, 2.24) is 4.31 Å². The molecule has 162 valence electrons. The maximum absolute atomic E-state index is 12.9. The van der Waals surface area contributed by atoms with Gasteiger partial charge in [0.05, 0.1) is 17.7 Å². The average molecular weight is 503 g/mol. The maximum Gasteiger partial charge on any atom is 0.255 e. The summed E-state index contributed by atoms with van der Waals surface area (Å²) < 4.78 is 33.3. The Hall–Kier alpha value is -2.68. The SMILES string of the molecule is COc1ccc(C(=O)Nc2ccccc2Br)cc1CN(C)S(=O)(=O)c1ccc(C)cc1. The van der Waals surface area contributed by atoms with Gasteiger partial charge in [0.15, 0.2) is 0 Å². The normalized spacial score (nSPS) is 11.4. The smallest absolute Gasteiger partial charge is 0.255 e. The van der Waals surface area contributed by atoms with Gasteiger partial charge >= 0.3 is 0 Å². The topological polar surface area (TPSA) is 75.7 Å². The number of sulfonamides is 1. The highest BCUT2D eigenvalue weighted by molar-refractivity contribution is 9.10. The molecule has 0 aromatic heterocycles. The van der Waals surface area contributed by atoms with E-state index < -0.39 is 10.0 Å². The number of ether oxygens (including phenoxy) is 1. The van der Waals surface area contributed by atoms with Crippen LogP contribution in [0.2, 0.25) is 0 Å². The Morgan fingerprint density at radius 1 is 1.06 bits per heavy atom. The number of nitrogens with one attached hydrogen (secondary N) is 1. The molecule has 1 N–H and O–H groups in total. The lowest BCUT2D eigenvalue weighted by Crippen LogP contribution is -2.27. The fraction of sp³-hybridized carbons (Fsp3) is 0.174. The Morgan fingerprint density at radius 3 is 2.39 bits per heavy atom. The maximum atomic E-state index is 12.9. The Balaban J connectivity index is 1.86. The molecule has 3 aromatic carbocycles. The number of para-hydroxylation sites is 1. The Bertz CT molecular complexity index is 1190. The number of rotatable bonds is 7. The molecule has 1 amide bonds. The Labute approximate surface area is 191 Å². The molecule has 6 nitrogen and oxygen atoms in total. The van der Waals surface area contributed by atoms with E-state index in [-0.39, 0.29) is 17.3 Å². The minimum atomic E-state index is -3.70. The molecule has 8 heteroatoms. The van der Waals surface area contributed by atoms with E-state index in [1.165, 1.54) is 18.5 Å². The molecule has 0 saturated heterocycles. The predicted molar refractivity (Wildman–Crippen MR) is 125 cm³/mol. The fourth-order valence-corrected chi connectivity index (χ4v) is 4.55. The number of carbonyl (C=O) groups excluding carboxylic acids is 1. The van der Waals surface area contributed by atoms with Gasteiger partial charge in [0.2, 0.25) is 10.0 Å². The number of anilines is 1. The van der Waals surface area contributed by atoms with Crippen molar-refractivity contribution >= 4 is 37.5 Å². The van der Waals surface area contributed by atoms with Crippen LogP contribution in [-0.4, -0.2) is 32.8 Å². The summed E-state index contributed by atoms with van der Waals surface area (Å²) in [6, 6.07) is 18.9. The largest absolute Gasteiger partial charge is 0.496 e. The summed E-state index contributed by atoms with van der Waals surface area (Å²) in [5, 5.41) is 2.85. The molecule has 0 fully saturated rings. The fourth-order valence-electron chi connectivity index (χ4n) is 3.02. The highest BCUT2D eigenvalue weighted by atomic mass is 79.9. The zero-order valence-corrected chi connectivity index (χ0v) is 19.8. The standard InChI is InChI=1S/C23H23BrN2O4S/c1-16-8-11-19(12-9-16)31(28,29)26(2)15-18-14-17(10-13-22(18)30-3)23(27)25-21-7-5-4-6-20(21)24/h4-14H,15H2,1-3H3,(H,25,27). The van der Waals surface area contributed by atoms with Crippen molar-refractivity contribution in [2.75, 3.05) is 19.5 Å². The van der Waals surface area contributed by atoms with Crippen molar-refractivity contribution < 1.29 is 17.9 Å². The minimum Gasteiger partial charge on any atom is -0.496 e. The molecule has 0 bridgehead atoms. The van der Waals surface area contributed by atoms with E-state index in [2.05, 4.69) is 21.2 Å². The monoisotopic (exact) mass is 502 g/mol. The van der Waals surface area contributed by atoms with Crippen molar-refractivity contribution in [3.8, 4) is 5.75 Å². The van der Waals surface area contributed by atoms with Crippen LogP contribution in [-0.2, 0) is 16.6 Å². The second-order valence-corrected chi connectivity index (χ2v) is 9.93. The van der Waals surface area contributed by atoms with Crippen LogP contribution in [0.5, 0.6) is 5.75 Å². The number of aryl methyl sites for hydroxylation is 1. The highest BCUT2D eigenvalue weighted by Crippen LogP contribution is 2.26. The van der Waals surface area contributed by atoms with E-state index in [4.69, 9.17) is 4.74 Å². The summed E-state index contributed by atoms with van der Waals surface area (Å²) in [5.41, 5.74) is 2.60. The molecule has 0 atom stereocenters. The van der Waals surface area contributed by atoms with E-state index in [0.29, 0.717) is 22.6 Å². The van der Waals surface area contributed by atoms with E-state index in [1.54, 1.807) is 48.5 Å². The minimum absolute atomic E-state index is 0.0511. The van der Waals surface area contributed by atoms with Gasteiger partial charge in [0.1, 0.15) is 5.75 Å². The first kappa shape index (κ1) is 23.0. The molecule has 0 aliphatic rings. The second-order valence-electron chi connectivity index (χ2n) is 7.03. The third-order valence-corrected chi connectivity index (χ3v) is 7.30. The van der Waals surface area contributed by atoms with Crippen LogP contribution < -0.4 is 10.1 Å². The summed E-state index contributed by atoms with van der Waals surface area (Å²) in [4.78, 5) is 13.0. The number of carbonyl (C=O) groups is 1. The lowest BCUT2D eigenvalue weighted by Gasteiger charge is -2.19. The van der Waals surface area contributed by atoms with Gasteiger partial charge in [-0.05, 0) is 65.3 Å². The highest BCUT2D eigenvalue weighted by Gasteiger charge is 2.22. The van der Waals surface area contributed by atoms with Crippen molar-refractivity contribution in [3.63, 3.8) is 0 Å². The van der Waals surface area contributed by atoms with Gasteiger partial charge in [-0.25, -0.2) is 8.42 Å². The zero-order valence-electron chi connectivity index (χ0n) is 17.4. The van der Waals surface area contributed by atoms with Crippen LogP contribution in [0.1, 0.15) is 21.5 Å². The van der Waals surface area contributed by atoms with Crippen molar-refractivity contribution in [2.45, 2.75) is 18.4 Å². The zero-order chi connectivity index (χ0) is 22.6. The molecule has 0 saturated carbocycles. The second kappa shape index (κ2) is 9.64. The third-order valence-electron chi connectivity index (χ3n) is 4.79. The van der Waals surface area contributed by atoms with E-state index in [9.17, 15) is 13.2 Å².